The minimum Gasteiger partial charge on any atom is -0.298 e. The van der Waals surface area contributed by atoms with Crippen molar-refractivity contribution in [2.75, 3.05) is 5.32 Å². The monoisotopic (exact) mass is 405 g/mol. The Labute approximate surface area is 150 Å². The van der Waals surface area contributed by atoms with Gasteiger partial charge in [0.2, 0.25) is 0 Å². The van der Waals surface area contributed by atoms with Crippen molar-refractivity contribution in [1.29, 1.82) is 0 Å². The average Bonchev–Trinajstić information content (AvgIpc) is 2.95. The van der Waals surface area contributed by atoms with Crippen LogP contribution in [-0.4, -0.2) is 15.9 Å². The molecular formula is C16H12BrN3OS2. The second kappa shape index (κ2) is 7.25. The number of aryl methyl sites for hydroxylation is 1. The number of carbonyl (C=O) groups excluding carboxylic acids is 1. The van der Waals surface area contributed by atoms with Crippen LogP contribution in [0.4, 0.5) is 5.13 Å². The van der Waals surface area contributed by atoms with E-state index < -0.39 is 0 Å². The Balaban J connectivity index is 1.82. The maximum atomic E-state index is 12.5. The third kappa shape index (κ3) is 4.19. The first kappa shape index (κ1) is 16.2. The van der Waals surface area contributed by atoms with Crippen LogP contribution in [0, 0.1) is 6.92 Å². The maximum Gasteiger partial charge on any atom is 0.258 e. The van der Waals surface area contributed by atoms with Crippen LogP contribution in [0.2, 0.25) is 0 Å². The molecule has 3 aromatic rings. The van der Waals surface area contributed by atoms with Gasteiger partial charge in [-0.25, -0.2) is 9.97 Å². The van der Waals surface area contributed by atoms with Crippen molar-refractivity contribution < 1.29 is 4.79 Å². The zero-order valence-electron chi connectivity index (χ0n) is 12.1. The van der Waals surface area contributed by atoms with Crippen molar-refractivity contribution in [3.63, 3.8) is 0 Å². The summed E-state index contributed by atoms with van der Waals surface area (Å²) in [5.74, 6) is -0.167. The number of aromatic nitrogens is 2. The third-order valence-corrected chi connectivity index (χ3v) is 5.21. The Morgan fingerprint density at radius 3 is 2.70 bits per heavy atom. The number of nitrogens with one attached hydrogen (secondary N) is 1. The highest BCUT2D eigenvalue weighted by Crippen LogP contribution is 2.30. The molecule has 23 heavy (non-hydrogen) atoms. The molecule has 4 nitrogen and oxygen atoms in total. The van der Waals surface area contributed by atoms with E-state index in [1.807, 2.05) is 37.3 Å². The smallest absolute Gasteiger partial charge is 0.258 e. The molecule has 116 valence electrons. The molecule has 0 radical (unpaired) electrons. The van der Waals surface area contributed by atoms with Crippen molar-refractivity contribution in [2.24, 2.45) is 0 Å². The molecule has 0 aliphatic rings. The Kier molecular flexibility index (Phi) is 5.09. The van der Waals surface area contributed by atoms with E-state index in [0.717, 1.165) is 19.3 Å². The lowest BCUT2D eigenvalue weighted by molar-refractivity contribution is 0.102. The summed E-state index contributed by atoms with van der Waals surface area (Å²) in [5, 5.41) is 4.28. The highest BCUT2D eigenvalue weighted by molar-refractivity contribution is 9.10. The van der Waals surface area contributed by atoms with Crippen molar-refractivity contribution >= 4 is 50.1 Å². The Morgan fingerprint density at radius 1 is 1.17 bits per heavy atom. The molecule has 0 saturated carbocycles. The second-order valence-electron chi connectivity index (χ2n) is 4.64. The number of rotatable bonds is 4. The molecule has 1 N–H and O–H groups in total. The summed E-state index contributed by atoms with van der Waals surface area (Å²) in [6, 6.07) is 11.3. The van der Waals surface area contributed by atoms with Crippen LogP contribution in [0.5, 0.6) is 0 Å². The summed E-state index contributed by atoms with van der Waals surface area (Å²) in [6.45, 7) is 1.95. The van der Waals surface area contributed by atoms with Gasteiger partial charge in [0.05, 0.1) is 5.56 Å². The van der Waals surface area contributed by atoms with E-state index in [1.165, 1.54) is 23.1 Å². The zero-order chi connectivity index (χ0) is 16.2. The molecule has 0 aliphatic heterocycles. The number of anilines is 1. The largest absolute Gasteiger partial charge is 0.298 e. The van der Waals surface area contributed by atoms with Crippen LogP contribution < -0.4 is 5.32 Å². The topological polar surface area (TPSA) is 54.9 Å². The van der Waals surface area contributed by atoms with E-state index in [0.29, 0.717) is 10.7 Å². The number of halogens is 1. The standard InChI is InChI=1S/C16H12BrN3OS2/c1-10-8-19-16(22-10)20-15(21)12-4-2-3-5-13(12)23-14-7-6-11(17)9-18-14/h2-9H,1H3,(H,19,20,21). The number of carbonyl (C=O) groups is 1. The van der Waals surface area contributed by atoms with E-state index in [2.05, 4.69) is 31.2 Å². The highest BCUT2D eigenvalue weighted by atomic mass is 79.9. The molecule has 0 aliphatic carbocycles. The SMILES string of the molecule is Cc1cnc(NC(=O)c2ccccc2Sc2ccc(Br)cn2)s1. The lowest BCUT2D eigenvalue weighted by Crippen LogP contribution is -2.12. The van der Waals surface area contributed by atoms with Gasteiger partial charge in [0.15, 0.2) is 5.13 Å². The van der Waals surface area contributed by atoms with Crippen molar-refractivity contribution in [3.8, 4) is 0 Å². The van der Waals surface area contributed by atoms with E-state index in [9.17, 15) is 4.79 Å². The Bertz CT molecular complexity index is 833. The first-order valence-corrected chi connectivity index (χ1v) is 9.16. The number of hydrogen-bond donors (Lipinski definition) is 1. The normalized spacial score (nSPS) is 10.5. The number of hydrogen-bond acceptors (Lipinski definition) is 5. The molecule has 1 amide bonds. The minimum atomic E-state index is -0.167. The fourth-order valence-corrected chi connectivity index (χ4v) is 3.63. The van der Waals surface area contributed by atoms with E-state index in [4.69, 9.17) is 0 Å². The Hall–Kier alpha value is -1.70. The number of benzene rings is 1. The van der Waals surface area contributed by atoms with Crippen LogP contribution in [0.1, 0.15) is 15.2 Å². The van der Waals surface area contributed by atoms with Gasteiger partial charge in [0, 0.05) is 26.6 Å². The molecule has 0 unspecified atom stereocenters. The van der Waals surface area contributed by atoms with Gasteiger partial charge >= 0.3 is 0 Å². The summed E-state index contributed by atoms with van der Waals surface area (Å²) in [7, 11) is 0. The van der Waals surface area contributed by atoms with Crippen molar-refractivity contribution in [3.05, 3.63) is 63.7 Å². The quantitative estimate of drug-likeness (QED) is 0.662. The van der Waals surface area contributed by atoms with Gasteiger partial charge in [0.25, 0.3) is 5.91 Å². The first-order chi connectivity index (χ1) is 11.1. The lowest BCUT2D eigenvalue weighted by atomic mass is 10.2. The van der Waals surface area contributed by atoms with Gasteiger partial charge in [-0.2, -0.15) is 0 Å². The molecule has 0 bridgehead atoms. The molecule has 2 heterocycles. The predicted octanol–water partition coefficient (Wildman–Crippen LogP) is 5.01. The van der Waals surface area contributed by atoms with Crippen LogP contribution in [0.25, 0.3) is 0 Å². The highest BCUT2D eigenvalue weighted by Gasteiger charge is 2.14. The average molecular weight is 406 g/mol. The van der Waals surface area contributed by atoms with Gasteiger partial charge in [-0.1, -0.05) is 23.9 Å². The van der Waals surface area contributed by atoms with Crippen LogP contribution >= 0.6 is 39.0 Å². The summed E-state index contributed by atoms with van der Waals surface area (Å²) in [6.07, 6.45) is 3.48. The van der Waals surface area contributed by atoms with Gasteiger partial charge < -0.3 is 0 Å². The molecule has 0 atom stereocenters. The maximum absolute atomic E-state index is 12.5. The third-order valence-electron chi connectivity index (χ3n) is 2.89. The molecule has 0 fully saturated rings. The molecular weight excluding hydrogens is 394 g/mol. The molecule has 2 aromatic heterocycles. The van der Waals surface area contributed by atoms with Gasteiger partial charge in [0.1, 0.15) is 5.03 Å². The molecule has 7 heteroatoms. The van der Waals surface area contributed by atoms with Gasteiger partial charge in [-0.05, 0) is 47.1 Å². The number of nitrogens with zero attached hydrogens (tertiary/aromatic N) is 2. The molecule has 0 saturated heterocycles. The zero-order valence-corrected chi connectivity index (χ0v) is 15.3. The van der Waals surface area contributed by atoms with Gasteiger partial charge in [-0.15, -0.1) is 11.3 Å². The summed E-state index contributed by atoms with van der Waals surface area (Å²) in [4.78, 5) is 22.9. The van der Waals surface area contributed by atoms with E-state index in [1.54, 1.807) is 18.5 Å². The summed E-state index contributed by atoms with van der Waals surface area (Å²) >= 11 is 6.28. The second-order valence-corrected chi connectivity index (χ2v) is 7.86. The summed E-state index contributed by atoms with van der Waals surface area (Å²) in [5.41, 5.74) is 0.607. The number of pyridine rings is 1. The van der Waals surface area contributed by atoms with Crippen LogP contribution in [0.3, 0.4) is 0 Å². The molecule has 3 rings (SSSR count). The molecule has 0 spiro atoms. The first-order valence-electron chi connectivity index (χ1n) is 6.74. The van der Waals surface area contributed by atoms with Crippen molar-refractivity contribution in [1.82, 2.24) is 9.97 Å². The van der Waals surface area contributed by atoms with Crippen LogP contribution in [-0.2, 0) is 0 Å². The fraction of sp³-hybridized carbons (Fsp3) is 0.0625. The molecule has 1 aromatic carbocycles. The predicted molar refractivity (Wildman–Crippen MR) is 97.3 cm³/mol. The Morgan fingerprint density at radius 2 is 2.00 bits per heavy atom. The van der Waals surface area contributed by atoms with Crippen molar-refractivity contribution in [2.45, 2.75) is 16.8 Å². The number of amides is 1. The fourth-order valence-electron chi connectivity index (χ4n) is 1.86. The van der Waals surface area contributed by atoms with Gasteiger partial charge in [-0.3, -0.25) is 10.1 Å². The number of thiazole rings is 1. The minimum absolute atomic E-state index is 0.167. The van der Waals surface area contributed by atoms with E-state index in [-0.39, 0.29) is 5.91 Å². The van der Waals surface area contributed by atoms with E-state index >= 15 is 0 Å². The summed E-state index contributed by atoms with van der Waals surface area (Å²) < 4.78 is 0.923. The van der Waals surface area contributed by atoms with Crippen LogP contribution in [0.15, 0.2) is 63.2 Å². The lowest BCUT2D eigenvalue weighted by Gasteiger charge is -2.08.